The van der Waals surface area contributed by atoms with Crippen LogP contribution >= 0.6 is 11.6 Å². The monoisotopic (exact) mass is 416 g/mol. The molecule has 2 aromatic carbocycles. The maximum Gasteiger partial charge on any atom is 0.289 e. The SMILES string of the molecule is CCCC(=O)N(c1ccccc1OC)C(C)C(=O)C(=O)NCc1cccc(Cl)c1. The third kappa shape index (κ3) is 5.81. The number of halogens is 1. The van der Waals surface area contributed by atoms with Crippen molar-refractivity contribution >= 4 is 34.9 Å². The summed E-state index contributed by atoms with van der Waals surface area (Å²) >= 11 is 5.94. The van der Waals surface area contributed by atoms with Crippen LogP contribution in [0.3, 0.4) is 0 Å². The molecule has 6 nitrogen and oxygen atoms in total. The summed E-state index contributed by atoms with van der Waals surface area (Å²) in [5.74, 6) is -1.26. The van der Waals surface area contributed by atoms with Gasteiger partial charge in [-0.15, -0.1) is 0 Å². The van der Waals surface area contributed by atoms with E-state index in [9.17, 15) is 14.4 Å². The van der Waals surface area contributed by atoms with Gasteiger partial charge >= 0.3 is 0 Å². The molecule has 0 aromatic heterocycles. The van der Waals surface area contributed by atoms with E-state index >= 15 is 0 Å². The lowest BCUT2D eigenvalue weighted by atomic mass is 10.1. The van der Waals surface area contributed by atoms with E-state index in [2.05, 4.69) is 5.32 Å². The second-order valence-corrected chi connectivity index (χ2v) is 6.97. The Morgan fingerprint density at radius 1 is 1.14 bits per heavy atom. The molecule has 0 radical (unpaired) electrons. The molecule has 29 heavy (non-hydrogen) atoms. The molecule has 2 amide bonds. The minimum atomic E-state index is -0.982. The minimum Gasteiger partial charge on any atom is -0.495 e. The van der Waals surface area contributed by atoms with Crippen molar-refractivity contribution in [1.29, 1.82) is 0 Å². The van der Waals surface area contributed by atoms with Crippen LogP contribution in [-0.2, 0) is 20.9 Å². The Bertz CT molecular complexity index is 885. The van der Waals surface area contributed by atoms with Gasteiger partial charge in [0.25, 0.3) is 5.91 Å². The molecule has 0 bridgehead atoms. The maximum atomic E-state index is 12.8. The number of anilines is 1. The predicted octanol–water partition coefficient (Wildman–Crippen LogP) is 3.76. The molecule has 0 aliphatic rings. The highest BCUT2D eigenvalue weighted by Crippen LogP contribution is 2.30. The highest BCUT2D eigenvalue weighted by atomic mass is 35.5. The summed E-state index contributed by atoms with van der Waals surface area (Å²) in [6.45, 7) is 3.58. The number of nitrogens with one attached hydrogen (secondary N) is 1. The minimum absolute atomic E-state index is 0.162. The van der Waals surface area contributed by atoms with E-state index in [1.165, 1.54) is 12.0 Å². The van der Waals surface area contributed by atoms with Gasteiger partial charge in [0.15, 0.2) is 0 Å². The van der Waals surface area contributed by atoms with Crippen molar-refractivity contribution in [3.63, 3.8) is 0 Å². The molecule has 0 saturated heterocycles. The number of para-hydroxylation sites is 2. The first-order valence-corrected chi connectivity index (χ1v) is 9.78. The molecule has 7 heteroatoms. The van der Waals surface area contributed by atoms with Crippen LogP contribution in [0.4, 0.5) is 5.69 Å². The van der Waals surface area contributed by atoms with Crippen LogP contribution < -0.4 is 15.0 Å². The average Bonchev–Trinajstić information content (AvgIpc) is 2.72. The van der Waals surface area contributed by atoms with Gasteiger partial charge in [0, 0.05) is 18.0 Å². The molecule has 1 N–H and O–H groups in total. The van der Waals surface area contributed by atoms with Crippen molar-refractivity contribution in [2.75, 3.05) is 12.0 Å². The number of carbonyl (C=O) groups excluding carboxylic acids is 3. The lowest BCUT2D eigenvalue weighted by Gasteiger charge is -2.29. The Morgan fingerprint density at radius 3 is 2.52 bits per heavy atom. The lowest BCUT2D eigenvalue weighted by molar-refractivity contribution is -0.139. The number of Topliss-reactive ketones (excluding diaryl/α,β-unsaturated/α-hetero) is 1. The van der Waals surface area contributed by atoms with E-state index < -0.39 is 17.7 Å². The van der Waals surface area contributed by atoms with E-state index in [4.69, 9.17) is 16.3 Å². The average molecular weight is 417 g/mol. The number of methoxy groups -OCH3 is 1. The third-order valence-corrected chi connectivity index (χ3v) is 4.64. The standard InChI is InChI=1S/C22H25ClN2O4/c1-4-8-20(26)25(18-11-5-6-12-19(18)29-3)15(2)21(27)22(28)24-14-16-9-7-10-17(23)13-16/h5-7,9-13,15H,4,8,14H2,1-3H3,(H,24,28). The van der Waals surface area contributed by atoms with Crippen molar-refractivity contribution < 1.29 is 19.1 Å². The van der Waals surface area contributed by atoms with Crippen molar-refractivity contribution in [2.45, 2.75) is 39.3 Å². The van der Waals surface area contributed by atoms with Crippen molar-refractivity contribution in [1.82, 2.24) is 5.32 Å². The summed E-state index contributed by atoms with van der Waals surface area (Å²) in [5.41, 5.74) is 1.23. The first-order valence-electron chi connectivity index (χ1n) is 9.40. The Labute approximate surface area is 175 Å². The Hall–Kier alpha value is -2.86. The normalized spacial score (nSPS) is 11.4. The van der Waals surface area contributed by atoms with Gasteiger partial charge in [-0.05, 0) is 43.2 Å². The maximum absolute atomic E-state index is 12.8. The number of hydrogen-bond acceptors (Lipinski definition) is 4. The largest absolute Gasteiger partial charge is 0.495 e. The zero-order chi connectivity index (χ0) is 21.4. The van der Waals surface area contributed by atoms with Gasteiger partial charge in [0.05, 0.1) is 12.8 Å². The fraction of sp³-hybridized carbons (Fsp3) is 0.318. The van der Waals surface area contributed by atoms with Crippen molar-refractivity contribution in [3.8, 4) is 5.75 Å². The third-order valence-electron chi connectivity index (χ3n) is 4.41. The number of amides is 2. The van der Waals surface area contributed by atoms with Crippen molar-refractivity contribution in [3.05, 3.63) is 59.1 Å². The summed E-state index contributed by atoms with van der Waals surface area (Å²) in [6, 6.07) is 12.9. The molecule has 0 fully saturated rings. The molecule has 2 aromatic rings. The zero-order valence-corrected chi connectivity index (χ0v) is 17.5. The molecule has 154 valence electrons. The lowest BCUT2D eigenvalue weighted by Crippen LogP contribution is -2.48. The predicted molar refractivity (Wildman–Crippen MR) is 113 cm³/mol. The summed E-state index contributed by atoms with van der Waals surface area (Å²) in [6.07, 6.45) is 0.867. The first kappa shape index (κ1) is 22.4. The van der Waals surface area contributed by atoms with Gasteiger partial charge in [-0.25, -0.2) is 0 Å². The highest BCUT2D eigenvalue weighted by Gasteiger charge is 2.32. The molecule has 2 rings (SSSR count). The zero-order valence-electron chi connectivity index (χ0n) is 16.8. The second-order valence-electron chi connectivity index (χ2n) is 6.54. The van der Waals surface area contributed by atoms with Gasteiger partial charge in [0.1, 0.15) is 11.8 Å². The summed E-state index contributed by atoms with van der Waals surface area (Å²) in [7, 11) is 1.49. The van der Waals surface area contributed by atoms with Crippen molar-refractivity contribution in [2.24, 2.45) is 0 Å². The summed E-state index contributed by atoms with van der Waals surface area (Å²) in [5, 5.41) is 3.14. The number of ketones is 1. The number of benzene rings is 2. The van der Waals surface area contributed by atoms with Crippen LogP contribution in [0.2, 0.25) is 5.02 Å². The second kappa shape index (κ2) is 10.6. The number of hydrogen-bond donors (Lipinski definition) is 1. The van der Waals surface area contributed by atoms with Gasteiger partial charge in [-0.1, -0.05) is 42.8 Å². The molecular formula is C22H25ClN2O4. The molecule has 0 heterocycles. The topological polar surface area (TPSA) is 75.7 Å². The van der Waals surface area contributed by atoms with Crippen LogP contribution in [0.25, 0.3) is 0 Å². The van der Waals surface area contributed by atoms with Gasteiger partial charge in [-0.3, -0.25) is 19.3 Å². The molecule has 0 spiro atoms. The van der Waals surface area contributed by atoms with E-state index in [1.54, 1.807) is 55.5 Å². The number of rotatable bonds is 9. The molecule has 0 saturated carbocycles. The van der Waals surface area contributed by atoms with E-state index in [-0.39, 0.29) is 18.9 Å². The van der Waals surface area contributed by atoms with Crippen LogP contribution in [0.1, 0.15) is 32.3 Å². The number of nitrogens with zero attached hydrogens (tertiary/aromatic N) is 1. The van der Waals surface area contributed by atoms with E-state index in [0.717, 1.165) is 5.56 Å². The smallest absolute Gasteiger partial charge is 0.289 e. The van der Waals surface area contributed by atoms with E-state index in [0.29, 0.717) is 22.9 Å². The van der Waals surface area contributed by atoms with Crippen LogP contribution in [0.15, 0.2) is 48.5 Å². The highest BCUT2D eigenvalue weighted by molar-refractivity contribution is 6.39. The molecule has 0 aliphatic heterocycles. The van der Waals surface area contributed by atoms with Gasteiger partial charge < -0.3 is 10.1 Å². The Morgan fingerprint density at radius 2 is 1.86 bits per heavy atom. The summed E-state index contributed by atoms with van der Waals surface area (Å²) < 4.78 is 5.34. The number of carbonyl (C=O) groups is 3. The van der Waals surface area contributed by atoms with Crippen LogP contribution in [0, 0.1) is 0 Å². The quantitative estimate of drug-likeness (QED) is 0.631. The molecular weight excluding hydrogens is 392 g/mol. The van der Waals surface area contributed by atoms with Gasteiger partial charge in [0.2, 0.25) is 11.7 Å². The molecule has 0 aliphatic carbocycles. The van der Waals surface area contributed by atoms with Crippen LogP contribution in [-0.4, -0.2) is 30.7 Å². The fourth-order valence-corrected chi connectivity index (χ4v) is 3.16. The molecule has 1 atom stereocenters. The van der Waals surface area contributed by atoms with Gasteiger partial charge in [-0.2, -0.15) is 0 Å². The Balaban J connectivity index is 2.20. The summed E-state index contributed by atoms with van der Waals surface area (Å²) in [4.78, 5) is 39.3. The molecule has 1 unspecified atom stereocenters. The fourth-order valence-electron chi connectivity index (χ4n) is 2.95. The number of ether oxygens (including phenoxy) is 1. The van der Waals surface area contributed by atoms with Crippen LogP contribution in [0.5, 0.6) is 5.75 Å². The first-order chi connectivity index (χ1) is 13.9. The Kier molecular flexibility index (Phi) is 8.21. The van der Waals surface area contributed by atoms with E-state index in [1.807, 2.05) is 6.92 Å².